The molecule has 1 rings (SSSR count). The monoisotopic (exact) mass is 322 g/mol. The summed E-state index contributed by atoms with van der Waals surface area (Å²) in [4.78, 5) is 0. The van der Waals surface area contributed by atoms with Crippen molar-refractivity contribution >= 4 is 41.3 Å². The van der Waals surface area contributed by atoms with Crippen molar-refractivity contribution in [2.24, 2.45) is 0 Å². The highest BCUT2D eigenvalue weighted by atomic mass is 35.5. The number of aromatic hydroxyl groups is 1. The fourth-order valence-electron chi connectivity index (χ4n) is 1.58. The molecule has 1 aromatic carbocycles. The van der Waals surface area contributed by atoms with E-state index in [-0.39, 0.29) is 28.2 Å². The molecule has 0 fully saturated rings. The number of hydrogen-bond donors (Lipinski definition) is 2. The molecule has 0 aliphatic carbocycles. The molecule has 106 valence electrons. The molecule has 0 saturated heterocycles. The van der Waals surface area contributed by atoms with Gasteiger partial charge in [0.15, 0.2) is 5.75 Å². The molecule has 0 amide bonds. The van der Waals surface area contributed by atoms with E-state index in [0.29, 0.717) is 6.42 Å². The molecule has 0 bridgehead atoms. The van der Waals surface area contributed by atoms with Crippen LogP contribution < -0.4 is 5.32 Å². The van der Waals surface area contributed by atoms with Gasteiger partial charge in [-0.25, -0.2) is 0 Å². The molecule has 2 N–H and O–H groups in total. The van der Waals surface area contributed by atoms with Crippen LogP contribution in [-0.4, -0.2) is 11.7 Å². The molecule has 0 unspecified atom stereocenters. The van der Waals surface area contributed by atoms with Crippen LogP contribution in [0.5, 0.6) is 5.75 Å². The third-order valence-electron chi connectivity index (χ3n) is 2.56. The second-order valence-corrected chi connectivity index (χ2v) is 4.85. The second-order valence-electron chi connectivity index (χ2n) is 4.04. The first kappa shape index (κ1) is 18.2. The Balaban J connectivity index is 0.00000324. The predicted molar refractivity (Wildman–Crippen MR) is 82.6 cm³/mol. The average molecular weight is 324 g/mol. The van der Waals surface area contributed by atoms with Crippen molar-refractivity contribution in [1.82, 2.24) is 0 Å². The summed E-state index contributed by atoms with van der Waals surface area (Å²) in [5.41, 5.74) is 0.805. The van der Waals surface area contributed by atoms with E-state index in [9.17, 15) is 5.11 Å². The molecular formula is C13H17Cl3N2O. The summed E-state index contributed by atoms with van der Waals surface area (Å²) in [6.45, 7) is 0.823. The van der Waals surface area contributed by atoms with Crippen molar-refractivity contribution in [2.45, 2.75) is 32.1 Å². The molecule has 0 radical (unpaired) electrons. The van der Waals surface area contributed by atoms with Gasteiger partial charge in [0.1, 0.15) is 0 Å². The molecule has 0 aliphatic heterocycles. The Hall–Kier alpha value is -0.820. The van der Waals surface area contributed by atoms with Crippen LogP contribution in [0.1, 0.15) is 32.1 Å². The third-order valence-corrected chi connectivity index (χ3v) is 3.14. The van der Waals surface area contributed by atoms with Crippen molar-refractivity contribution < 1.29 is 5.11 Å². The summed E-state index contributed by atoms with van der Waals surface area (Å²) >= 11 is 11.6. The molecule has 0 heterocycles. The number of halogens is 3. The Morgan fingerprint density at radius 3 is 2.26 bits per heavy atom. The number of hydrogen-bond acceptors (Lipinski definition) is 3. The van der Waals surface area contributed by atoms with Crippen LogP contribution in [0.25, 0.3) is 0 Å². The van der Waals surface area contributed by atoms with Crippen molar-refractivity contribution in [3.8, 4) is 11.8 Å². The van der Waals surface area contributed by atoms with Gasteiger partial charge in [-0.1, -0.05) is 36.0 Å². The highest BCUT2D eigenvalue weighted by Gasteiger charge is 2.05. The van der Waals surface area contributed by atoms with Crippen LogP contribution in [0.15, 0.2) is 12.1 Å². The van der Waals surface area contributed by atoms with Gasteiger partial charge >= 0.3 is 0 Å². The predicted octanol–water partition coefficient (Wildman–Crippen LogP) is 5.01. The first-order chi connectivity index (χ1) is 8.65. The lowest BCUT2D eigenvalue weighted by molar-refractivity contribution is 0.476. The van der Waals surface area contributed by atoms with Gasteiger partial charge in [0.05, 0.1) is 16.1 Å². The van der Waals surface area contributed by atoms with Gasteiger partial charge in [0, 0.05) is 18.7 Å². The molecule has 0 aromatic heterocycles. The van der Waals surface area contributed by atoms with Crippen molar-refractivity contribution in [3.05, 3.63) is 22.2 Å². The zero-order chi connectivity index (χ0) is 13.4. The minimum absolute atomic E-state index is 0. The standard InChI is InChI=1S/C13H16Cl2N2O.ClH/c14-11-8-10(9-12(15)13(11)18)17-7-5-3-1-2-4-6-16;/h8-9,17-18H,1-5,7H2;1H. The van der Waals surface area contributed by atoms with E-state index >= 15 is 0 Å². The number of phenolic OH excluding ortho intramolecular Hbond substituents is 1. The number of benzene rings is 1. The largest absolute Gasteiger partial charge is 0.505 e. The number of nitrogens with one attached hydrogen (secondary N) is 1. The van der Waals surface area contributed by atoms with Gasteiger partial charge in [-0.2, -0.15) is 5.26 Å². The highest BCUT2D eigenvalue weighted by molar-refractivity contribution is 6.37. The van der Waals surface area contributed by atoms with E-state index in [2.05, 4.69) is 11.4 Å². The maximum atomic E-state index is 9.40. The smallest absolute Gasteiger partial charge is 0.152 e. The van der Waals surface area contributed by atoms with Crippen LogP contribution in [0.3, 0.4) is 0 Å². The SMILES string of the molecule is Cl.N#CCCCCCCNc1cc(Cl)c(O)c(Cl)c1. The minimum atomic E-state index is -0.0830. The topological polar surface area (TPSA) is 56.0 Å². The molecule has 3 nitrogen and oxygen atoms in total. The number of phenols is 1. The Bertz CT molecular complexity index is 409. The quantitative estimate of drug-likeness (QED) is 0.548. The van der Waals surface area contributed by atoms with Crippen LogP contribution in [-0.2, 0) is 0 Å². The number of anilines is 1. The molecule has 1 aromatic rings. The lowest BCUT2D eigenvalue weighted by atomic mass is 10.1. The van der Waals surface area contributed by atoms with E-state index in [0.717, 1.165) is 37.9 Å². The fourth-order valence-corrected chi connectivity index (χ4v) is 2.07. The fraction of sp³-hybridized carbons (Fsp3) is 0.462. The van der Waals surface area contributed by atoms with E-state index < -0.39 is 0 Å². The third kappa shape index (κ3) is 6.77. The van der Waals surface area contributed by atoms with Gasteiger partial charge < -0.3 is 10.4 Å². The van der Waals surface area contributed by atoms with Gasteiger partial charge in [-0.15, -0.1) is 12.4 Å². The van der Waals surface area contributed by atoms with Crippen molar-refractivity contribution in [2.75, 3.05) is 11.9 Å². The molecule has 0 spiro atoms. The number of unbranched alkanes of at least 4 members (excludes halogenated alkanes) is 4. The zero-order valence-corrected chi connectivity index (χ0v) is 12.8. The number of rotatable bonds is 7. The normalized spacial score (nSPS) is 9.53. The number of nitrogens with zero attached hydrogens (tertiary/aromatic N) is 1. The lowest BCUT2D eigenvalue weighted by Crippen LogP contribution is -2.01. The van der Waals surface area contributed by atoms with Gasteiger partial charge in [0.25, 0.3) is 0 Å². The maximum Gasteiger partial charge on any atom is 0.152 e. The summed E-state index contributed by atoms with van der Waals surface area (Å²) in [6, 6.07) is 5.44. The molecule has 19 heavy (non-hydrogen) atoms. The van der Waals surface area contributed by atoms with Crippen LogP contribution in [0.2, 0.25) is 10.0 Å². The van der Waals surface area contributed by atoms with Gasteiger partial charge in [0.2, 0.25) is 0 Å². The Kier molecular flexibility index (Phi) is 9.59. The van der Waals surface area contributed by atoms with E-state index in [1.54, 1.807) is 12.1 Å². The summed E-state index contributed by atoms with van der Waals surface area (Å²) in [7, 11) is 0. The summed E-state index contributed by atoms with van der Waals surface area (Å²) < 4.78 is 0. The Labute approximate surface area is 129 Å². The summed E-state index contributed by atoms with van der Waals surface area (Å²) in [6.07, 6.45) is 4.80. The van der Waals surface area contributed by atoms with Crippen molar-refractivity contribution in [1.29, 1.82) is 5.26 Å². The molecule has 0 atom stereocenters. The van der Waals surface area contributed by atoms with Crippen LogP contribution in [0, 0.1) is 11.3 Å². The van der Waals surface area contributed by atoms with Crippen LogP contribution in [0.4, 0.5) is 5.69 Å². The molecule has 6 heteroatoms. The van der Waals surface area contributed by atoms with Gasteiger partial charge in [-0.3, -0.25) is 0 Å². The molecular weight excluding hydrogens is 307 g/mol. The Morgan fingerprint density at radius 1 is 1.11 bits per heavy atom. The van der Waals surface area contributed by atoms with E-state index in [4.69, 9.17) is 28.5 Å². The highest BCUT2D eigenvalue weighted by Crippen LogP contribution is 2.34. The lowest BCUT2D eigenvalue weighted by Gasteiger charge is -2.08. The molecule has 0 aliphatic rings. The van der Waals surface area contributed by atoms with Crippen molar-refractivity contribution in [3.63, 3.8) is 0 Å². The van der Waals surface area contributed by atoms with E-state index in [1.807, 2.05) is 0 Å². The maximum absolute atomic E-state index is 9.40. The second kappa shape index (κ2) is 10.0. The molecule has 0 saturated carbocycles. The van der Waals surface area contributed by atoms with E-state index in [1.165, 1.54) is 0 Å². The number of nitriles is 1. The minimum Gasteiger partial charge on any atom is -0.505 e. The zero-order valence-electron chi connectivity index (χ0n) is 10.5. The first-order valence-electron chi connectivity index (χ1n) is 5.94. The Morgan fingerprint density at radius 2 is 1.68 bits per heavy atom. The first-order valence-corrected chi connectivity index (χ1v) is 6.69. The summed E-state index contributed by atoms with van der Waals surface area (Å²) in [5.74, 6) is -0.0830. The van der Waals surface area contributed by atoms with Gasteiger partial charge in [-0.05, 0) is 25.0 Å². The summed E-state index contributed by atoms with van der Waals surface area (Å²) in [5, 5.41) is 21.5. The van der Waals surface area contributed by atoms with Crippen LogP contribution >= 0.6 is 35.6 Å². The average Bonchev–Trinajstić information content (AvgIpc) is 2.34.